The van der Waals surface area contributed by atoms with Crippen molar-refractivity contribution in [3.63, 3.8) is 0 Å². The van der Waals surface area contributed by atoms with Gasteiger partial charge in [-0.1, -0.05) is 11.2 Å². The summed E-state index contributed by atoms with van der Waals surface area (Å²) < 4.78 is 29.8. The number of rotatable bonds is 8. The third kappa shape index (κ3) is 6.06. The first-order valence-electron chi connectivity index (χ1n) is 8.71. The monoisotopic (exact) mass is 429 g/mol. The van der Waals surface area contributed by atoms with Crippen LogP contribution in [-0.4, -0.2) is 55.4 Å². The van der Waals surface area contributed by atoms with Crippen LogP contribution in [0.15, 0.2) is 28.1 Å². The smallest absolute Gasteiger partial charge is 0.230 e. The lowest BCUT2D eigenvalue weighted by Crippen LogP contribution is -2.41. The number of piperidine rings is 1. The van der Waals surface area contributed by atoms with Gasteiger partial charge in [0.25, 0.3) is 0 Å². The average molecular weight is 430 g/mol. The molecule has 27 heavy (non-hydrogen) atoms. The highest BCUT2D eigenvalue weighted by Crippen LogP contribution is 2.26. The number of aromatic nitrogens is 1. The minimum absolute atomic E-state index is 0.00693. The highest BCUT2D eigenvalue weighted by molar-refractivity contribution is 7.99. The molecule has 1 aliphatic heterocycles. The normalized spacial score (nSPS) is 16.5. The Morgan fingerprint density at radius 1 is 1.44 bits per heavy atom. The van der Waals surface area contributed by atoms with Gasteiger partial charge >= 0.3 is 0 Å². The number of nitrogens with zero attached hydrogens (tertiary/aromatic N) is 2. The molecule has 7 nitrogen and oxygen atoms in total. The van der Waals surface area contributed by atoms with Crippen molar-refractivity contribution in [3.8, 4) is 10.6 Å². The summed E-state index contributed by atoms with van der Waals surface area (Å²) in [7, 11) is -3.10. The Balaban J connectivity index is 1.32. The maximum atomic E-state index is 12.0. The fourth-order valence-electron chi connectivity index (χ4n) is 2.92. The lowest BCUT2D eigenvalue weighted by atomic mass is 9.98. The summed E-state index contributed by atoms with van der Waals surface area (Å²) in [5, 5.41) is 8.98. The highest BCUT2D eigenvalue weighted by Gasteiger charge is 2.24. The largest absolute Gasteiger partial charge is 0.355 e. The Morgan fingerprint density at radius 3 is 2.89 bits per heavy atom. The van der Waals surface area contributed by atoms with Crippen LogP contribution in [0.2, 0.25) is 0 Å². The van der Waals surface area contributed by atoms with Gasteiger partial charge in [0.05, 0.1) is 22.6 Å². The van der Waals surface area contributed by atoms with Crippen molar-refractivity contribution in [2.24, 2.45) is 5.92 Å². The molecule has 2 aromatic heterocycles. The lowest BCUT2D eigenvalue weighted by Gasteiger charge is -2.30. The van der Waals surface area contributed by atoms with E-state index < -0.39 is 10.0 Å². The van der Waals surface area contributed by atoms with Crippen molar-refractivity contribution >= 4 is 39.0 Å². The molecular formula is C17H23N3O4S3. The predicted molar refractivity (Wildman–Crippen MR) is 108 cm³/mol. The molecule has 2 aromatic rings. The predicted octanol–water partition coefficient (Wildman–Crippen LogP) is 2.42. The molecule has 0 spiro atoms. The van der Waals surface area contributed by atoms with Crippen LogP contribution in [0.4, 0.5) is 0 Å². The summed E-state index contributed by atoms with van der Waals surface area (Å²) >= 11 is 3.10. The van der Waals surface area contributed by atoms with E-state index >= 15 is 0 Å². The molecule has 3 rings (SSSR count). The van der Waals surface area contributed by atoms with Gasteiger partial charge < -0.3 is 9.84 Å². The molecule has 0 saturated carbocycles. The quantitative estimate of drug-likeness (QED) is 0.693. The molecule has 10 heteroatoms. The van der Waals surface area contributed by atoms with Crippen molar-refractivity contribution < 1.29 is 17.7 Å². The molecule has 1 amide bonds. The number of sulfonamides is 1. The second-order valence-electron chi connectivity index (χ2n) is 6.56. The van der Waals surface area contributed by atoms with Gasteiger partial charge in [0.15, 0.2) is 5.76 Å². The second kappa shape index (κ2) is 9.22. The molecule has 0 atom stereocenters. The molecule has 0 bridgehead atoms. The van der Waals surface area contributed by atoms with Crippen LogP contribution >= 0.6 is 23.1 Å². The second-order valence-corrected chi connectivity index (χ2v) is 10.5. The average Bonchev–Trinajstić information content (AvgIpc) is 3.31. The summed E-state index contributed by atoms with van der Waals surface area (Å²) in [4.78, 5) is 13.1. The fraction of sp³-hybridized carbons (Fsp3) is 0.529. The van der Waals surface area contributed by atoms with E-state index in [1.54, 1.807) is 11.3 Å². The van der Waals surface area contributed by atoms with E-state index in [-0.39, 0.29) is 5.91 Å². The Morgan fingerprint density at radius 2 is 2.22 bits per heavy atom. The fourth-order valence-corrected chi connectivity index (χ4v) is 5.20. The molecule has 0 unspecified atom stereocenters. The van der Waals surface area contributed by atoms with Crippen LogP contribution in [0.1, 0.15) is 18.5 Å². The summed E-state index contributed by atoms with van der Waals surface area (Å²) in [5.41, 5.74) is 0.823. The number of thiophene rings is 1. The van der Waals surface area contributed by atoms with Crippen molar-refractivity contribution in [3.05, 3.63) is 29.3 Å². The third-order valence-corrected chi connectivity index (χ3v) is 7.59. The van der Waals surface area contributed by atoms with Crippen LogP contribution in [-0.2, 0) is 20.6 Å². The highest BCUT2D eigenvalue weighted by atomic mass is 32.2. The van der Waals surface area contributed by atoms with Crippen LogP contribution in [0.25, 0.3) is 10.6 Å². The van der Waals surface area contributed by atoms with Gasteiger partial charge in [-0.15, -0.1) is 23.1 Å². The van der Waals surface area contributed by atoms with E-state index in [0.717, 1.165) is 29.2 Å². The standard InChI is InChI=1S/C17H23N3O4S3/c1-27(22,23)20-6-4-13(5-7-20)10-18-17(21)12-25-11-14-9-15(24-19-14)16-3-2-8-26-16/h2-3,8-9,13H,4-7,10-12H2,1H3,(H,18,21). The summed E-state index contributed by atoms with van der Waals surface area (Å²) in [6.45, 7) is 1.67. The Labute approximate surface area is 167 Å². The van der Waals surface area contributed by atoms with Gasteiger partial charge in [0.1, 0.15) is 0 Å². The first-order chi connectivity index (χ1) is 12.9. The molecule has 0 aromatic carbocycles. The number of nitrogens with one attached hydrogen (secondary N) is 1. The maximum absolute atomic E-state index is 12.0. The maximum Gasteiger partial charge on any atom is 0.230 e. The molecular weight excluding hydrogens is 406 g/mol. The van der Waals surface area contributed by atoms with Gasteiger partial charge in [-0.25, -0.2) is 12.7 Å². The lowest BCUT2D eigenvalue weighted by molar-refractivity contribution is -0.118. The molecule has 148 valence electrons. The zero-order chi connectivity index (χ0) is 19.3. The minimum Gasteiger partial charge on any atom is -0.355 e. The number of hydrogen-bond donors (Lipinski definition) is 1. The number of hydrogen-bond acceptors (Lipinski definition) is 7. The number of carbonyl (C=O) groups is 1. The molecule has 0 radical (unpaired) electrons. The third-order valence-electron chi connectivity index (χ3n) is 4.44. The van der Waals surface area contributed by atoms with Gasteiger partial charge in [0, 0.05) is 31.5 Å². The number of amides is 1. The van der Waals surface area contributed by atoms with Crippen LogP contribution < -0.4 is 5.32 Å². The van der Waals surface area contributed by atoms with E-state index in [9.17, 15) is 13.2 Å². The molecule has 1 N–H and O–H groups in total. The number of carbonyl (C=O) groups excluding carboxylic acids is 1. The van der Waals surface area contributed by atoms with E-state index in [0.29, 0.717) is 37.1 Å². The van der Waals surface area contributed by atoms with Crippen LogP contribution in [0.5, 0.6) is 0 Å². The summed E-state index contributed by atoms with van der Waals surface area (Å²) in [6, 6.07) is 5.86. The Hall–Kier alpha value is -1.36. The van der Waals surface area contributed by atoms with Gasteiger partial charge in [0.2, 0.25) is 15.9 Å². The molecule has 0 aliphatic carbocycles. The molecule has 1 saturated heterocycles. The number of thioether (sulfide) groups is 1. The van der Waals surface area contributed by atoms with Gasteiger partial charge in [-0.05, 0) is 30.2 Å². The topological polar surface area (TPSA) is 92.5 Å². The van der Waals surface area contributed by atoms with E-state index in [4.69, 9.17) is 4.52 Å². The van der Waals surface area contributed by atoms with E-state index in [2.05, 4.69) is 10.5 Å². The zero-order valence-electron chi connectivity index (χ0n) is 15.1. The van der Waals surface area contributed by atoms with Crippen molar-refractivity contribution in [2.75, 3.05) is 31.6 Å². The Bertz CT molecular complexity index is 841. The van der Waals surface area contributed by atoms with Crippen molar-refractivity contribution in [2.45, 2.75) is 18.6 Å². The van der Waals surface area contributed by atoms with E-state index in [1.165, 1.54) is 22.3 Å². The molecule has 1 aliphatic rings. The van der Waals surface area contributed by atoms with E-state index in [1.807, 2.05) is 23.6 Å². The molecule has 3 heterocycles. The van der Waals surface area contributed by atoms with Crippen LogP contribution in [0, 0.1) is 5.92 Å². The zero-order valence-corrected chi connectivity index (χ0v) is 17.5. The first-order valence-corrected chi connectivity index (χ1v) is 12.6. The van der Waals surface area contributed by atoms with Crippen molar-refractivity contribution in [1.29, 1.82) is 0 Å². The summed E-state index contributed by atoms with van der Waals surface area (Å²) in [5.74, 6) is 2.07. The SMILES string of the molecule is CS(=O)(=O)N1CCC(CNC(=O)CSCc2cc(-c3cccs3)on2)CC1. The summed E-state index contributed by atoms with van der Waals surface area (Å²) in [6.07, 6.45) is 2.81. The van der Waals surface area contributed by atoms with Crippen molar-refractivity contribution in [1.82, 2.24) is 14.8 Å². The Kier molecular flexibility index (Phi) is 6.96. The van der Waals surface area contributed by atoms with Crippen LogP contribution in [0.3, 0.4) is 0 Å². The minimum atomic E-state index is -3.10. The molecule has 1 fully saturated rings. The first kappa shape index (κ1) is 20.4. The van der Waals surface area contributed by atoms with Gasteiger partial charge in [-0.2, -0.15) is 0 Å². The van der Waals surface area contributed by atoms with Gasteiger partial charge in [-0.3, -0.25) is 4.79 Å².